The minimum Gasteiger partial charge on any atom is -0.199 e. The van der Waals surface area contributed by atoms with E-state index < -0.39 is 35.2 Å². The van der Waals surface area contributed by atoms with Gasteiger partial charge >= 0.3 is 23.9 Å². The summed E-state index contributed by atoms with van der Waals surface area (Å²) in [6.45, 7) is 0. The van der Waals surface area contributed by atoms with E-state index >= 15 is 0 Å². The van der Waals surface area contributed by atoms with Crippen molar-refractivity contribution in [2.45, 2.75) is 29.3 Å². The lowest BCUT2D eigenvalue weighted by Gasteiger charge is -2.25. The Morgan fingerprint density at radius 1 is 0.812 bits per heavy atom. The fourth-order valence-electron chi connectivity index (χ4n) is 1.36. The number of alkyl halides is 10. The van der Waals surface area contributed by atoms with Crippen LogP contribution in [-0.4, -0.2) is 29.3 Å². The van der Waals surface area contributed by atoms with Crippen molar-refractivity contribution in [1.82, 2.24) is 0 Å². The van der Waals surface area contributed by atoms with Crippen LogP contribution >= 0.6 is 11.6 Å². The van der Waals surface area contributed by atoms with E-state index in [2.05, 4.69) is 11.6 Å². The van der Waals surface area contributed by atoms with Crippen LogP contribution in [0.5, 0.6) is 0 Å². The average Bonchev–Trinajstić information content (AvgIpc) is 2.06. The van der Waals surface area contributed by atoms with Gasteiger partial charge in [-0.1, -0.05) is 0 Å². The van der Waals surface area contributed by atoms with Gasteiger partial charge in [-0.15, -0.1) is 11.6 Å². The largest absolute Gasteiger partial charge is 0.399 e. The lowest BCUT2D eigenvalue weighted by Crippen LogP contribution is -2.50. The van der Waals surface area contributed by atoms with Crippen LogP contribution < -0.4 is 0 Å². The highest BCUT2D eigenvalue weighted by Gasteiger charge is 2.88. The molecule has 0 amide bonds. The van der Waals surface area contributed by atoms with Crippen LogP contribution in [0.25, 0.3) is 0 Å². The van der Waals surface area contributed by atoms with Gasteiger partial charge in [-0.3, -0.25) is 0 Å². The first-order chi connectivity index (χ1) is 6.78. The summed E-state index contributed by atoms with van der Waals surface area (Å²) in [5.41, 5.74) is 0. The molecule has 1 rings (SSSR count). The quantitative estimate of drug-likeness (QED) is 0.469. The van der Waals surface area contributed by atoms with E-state index in [1.807, 2.05) is 0 Å². The highest BCUT2D eigenvalue weighted by atomic mass is 35.5. The Balaban J connectivity index is 3.36. The molecule has 0 spiro atoms. The van der Waals surface area contributed by atoms with Crippen LogP contribution in [0, 0.1) is 5.92 Å². The lowest BCUT2D eigenvalue weighted by molar-refractivity contribution is -0.301. The first-order valence-corrected chi connectivity index (χ1v) is 4.05. The van der Waals surface area contributed by atoms with Crippen molar-refractivity contribution in [3.63, 3.8) is 0 Å². The zero-order chi connectivity index (χ0) is 13.2. The molecule has 0 aromatic heterocycles. The summed E-state index contributed by atoms with van der Waals surface area (Å²) in [6.07, 6.45) is -5.95. The van der Waals surface area contributed by atoms with Gasteiger partial charge in [0.15, 0.2) is 0 Å². The Bertz CT molecular complexity index is 293. The Hall–Kier alpha value is -0.340. The zero-order valence-corrected chi connectivity index (χ0v) is 7.69. The minimum absolute atomic E-state index is 3.71. The summed E-state index contributed by atoms with van der Waals surface area (Å²) in [7, 11) is 0. The van der Waals surface area contributed by atoms with Crippen LogP contribution in [0.3, 0.4) is 0 Å². The molecule has 1 aliphatic carbocycles. The van der Waals surface area contributed by atoms with Gasteiger partial charge in [0.2, 0.25) is 0 Å². The predicted molar refractivity (Wildman–Crippen MR) is 34.0 cm³/mol. The number of halogens is 10. The third kappa shape index (κ3) is 1.39. The first kappa shape index (κ1) is 13.7. The predicted octanol–water partition coefficient (Wildman–Crippen LogP) is 3.69. The van der Waals surface area contributed by atoms with Gasteiger partial charge in [0.1, 0.15) is 11.3 Å². The van der Waals surface area contributed by atoms with E-state index in [-0.39, 0.29) is 0 Å². The van der Waals surface area contributed by atoms with Crippen molar-refractivity contribution in [2.24, 2.45) is 5.92 Å². The molecule has 0 unspecified atom stereocenters. The summed E-state index contributed by atoms with van der Waals surface area (Å²) < 4.78 is 111. The van der Waals surface area contributed by atoms with Gasteiger partial charge in [0, 0.05) is 0 Å². The van der Waals surface area contributed by atoms with E-state index in [1.165, 1.54) is 0 Å². The standard InChI is InChI=1S/C6H2ClF9/c7-2-1(5(12,13)14)3(8,9)6(15,16)4(2,10)11/h1-2H/t1-,2+/m0/s1. The molecule has 1 saturated carbocycles. The summed E-state index contributed by atoms with van der Waals surface area (Å²) in [6, 6.07) is 0. The van der Waals surface area contributed by atoms with Gasteiger partial charge in [-0.2, -0.15) is 39.5 Å². The third-order valence-corrected chi connectivity index (χ3v) is 2.75. The highest BCUT2D eigenvalue weighted by Crippen LogP contribution is 2.64. The maximum absolute atomic E-state index is 12.6. The maximum Gasteiger partial charge on any atom is 0.399 e. The number of rotatable bonds is 0. The maximum atomic E-state index is 12.6. The topological polar surface area (TPSA) is 0 Å². The van der Waals surface area contributed by atoms with Crippen LogP contribution in [0.4, 0.5) is 39.5 Å². The summed E-state index contributed by atoms with van der Waals surface area (Å²) in [5, 5.41) is -3.71. The molecule has 16 heavy (non-hydrogen) atoms. The Morgan fingerprint density at radius 2 is 1.19 bits per heavy atom. The summed E-state index contributed by atoms with van der Waals surface area (Å²) in [5.74, 6) is -22.0. The lowest BCUT2D eigenvalue weighted by atomic mass is 10.0. The molecule has 0 heterocycles. The van der Waals surface area contributed by atoms with Crippen LogP contribution in [0.2, 0.25) is 0 Å². The SMILES string of the molecule is FC(F)(F)[C@H]1[C@@H](Cl)C(F)(F)C(F)(F)C1(F)F. The molecule has 0 aromatic rings. The van der Waals surface area contributed by atoms with Crippen molar-refractivity contribution in [3.8, 4) is 0 Å². The molecule has 10 heteroatoms. The van der Waals surface area contributed by atoms with Crippen LogP contribution in [-0.2, 0) is 0 Å². The molecular formula is C6H2ClF9. The highest BCUT2D eigenvalue weighted by molar-refractivity contribution is 6.22. The Morgan fingerprint density at radius 3 is 1.31 bits per heavy atom. The van der Waals surface area contributed by atoms with E-state index in [4.69, 9.17) is 0 Å². The van der Waals surface area contributed by atoms with Crippen molar-refractivity contribution >= 4 is 11.6 Å². The fraction of sp³-hybridized carbons (Fsp3) is 1.00. The zero-order valence-electron chi connectivity index (χ0n) is 6.93. The van der Waals surface area contributed by atoms with E-state index in [0.717, 1.165) is 0 Å². The van der Waals surface area contributed by atoms with Crippen LogP contribution in [0.1, 0.15) is 0 Å². The molecule has 0 bridgehead atoms. The van der Waals surface area contributed by atoms with E-state index in [0.29, 0.717) is 0 Å². The summed E-state index contributed by atoms with van der Waals surface area (Å²) in [4.78, 5) is 0. The van der Waals surface area contributed by atoms with Crippen LogP contribution in [0.15, 0.2) is 0 Å². The molecule has 1 fully saturated rings. The van der Waals surface area contributed by atoms with Gasteiger partial charge in [0.25, 0.3) is 0 Å². The minimum atomic E-state index is -6.13. The monoisotopic (exact) mass is 280 g/mol. The Labute approximate surface area is 87.4 Å². The number of hydrogen-bond donors (Lipinski definition) is 0. The van der Waals surface area contributed by atoms with Gasteiger partial charge in [0.05, 0.1) is 0 Å². The smallest absolute Gasteiger partial charge is 0.199 e. The molecule has 0 radical (unpaired) electrons. The second-order valence-electron chi connectivity index (χ2n) is 3.24. The van der Waals surface area contributed by atoms with Gasteiger partial charge in [-0.25, -0.2) is 0 Å². The Kier molecular flexibility index (Phi) is 2.67. The van der Waals surface area contributed by atoms with Gasteiger partial charge < -0.3 is 0 Å². The second-order valence-corrected chi connectivity index (χ2v) is 3.71. The fourth-order valence-corrected chi connectivity index (χ4v) is 1.79. The summed E-state index contributed by atoms with van der Waals surface area (Å²) >= 11 is 4.39. The average molecular weight is 281 g/mol. The van der Waals surface area contributed by atoms with Crippen molar-refractivity contribution < 1.29 is 39.5 Å². The van der Waals surface area contributed by atoms with E-state index in [9.17, 15) is 39.5 Å². The molecule has 0 aromatic carbocycles. The second kappa shape index (κ2) is 3.11. The molecule has 0 nitrogen and oxygen atoms in total. The molecule has 96 valence electrons. The van der Waals surface area contributed by atoms with Crippen molar-refractivity contribution in [3.05, 3.63) is 0 Å². The first-order valence-electron chi connectivity index (χ1n) is 3.62. The van der Waals surface area contributed by atoms with Crippen molar-refractivity contribution in [1.29, 1.82) is 0 Å². The normalized spacial score (nSPS) is 36.4. The molecule has 0 saturated heterocycles. The number of hydrogen-bond acceptors (Lipinski definition) is 0. The molecule has 2 atom stereocenters. The van der Waals surface area contributed by atoms with E-state index in [1.54, 1.807) is 0 Å². The molecular weight excluding hydrogens is 279 g/mol. The van der Waals surface area contributed by atoms with Crippen molar-refractivity contribution in [2.75, 3.05) is 0 Å². The molecule has 0 aliphatic heterocycles. The third-order valence-electron chi connectivity index (χ3n) is 2.22. The molecule has 0 N–H and O–H groups in total. The van der Waals surface area contributed by atoms with Gasteiger partial charge in [-0.05, 0) is 0 Å². The molecule has 1 aliphatic rings.